The molecule has 0 aliphatic carbocycles. The first-order valence-corrected chi connectivity index (χ1v) is 6.03. The van der Waals surface area contributed by atoms with Gasteiger partial charge in [-0.3, -0.25) is 9.59 Å². The number of nitrogens with zero attached hydrogens (tertiary/aromatic N) is 1. The Morgan fingerprint density at radius 3 is 2.06 bits per heavy atom. The van der Waals surface area contributed by atoms with Crippen molar-refractivity contribution in [3.63, 3.8) is 0 Å². The van der Waals surface area contributed by atoms with Gasteiger partial charge < -0.3 is 15.1 Å². The summed E-state index contributed by atoms with van der Waals surface area (Å²) in [5.41, 5.74) is 0. The Kier molecular flexibility index (Phi) is 7.00. The molecular weight excluding hydrogens is 238 g/mol. The van der Waals surface area contributed by atoms with E-state index in [0.29, 0.717) is 0 Å². The topological polar surface area (TPSA) is 94.9 Å². The summed E-state index contributed by atoms with van der Waals surface area (Å²) in [6, 6.07) is -0.949. The number of aliphatic carboxylic acids is 2. The van der Waals surface area contributed by atoms with Gasteiger partial charge in [0.25, 0.3) is 0 Å². The minimum absolute atomic E-state index is 0.0638. The van der Waals surface area contributed by atoms with Gasteiger partial charge in [0.15, 0.2) is 0 Å². The van der Waals surface area contributed by atoms with Gasteiger partial charge in [-0.15, -0.1) is 0 Å². The third-order valence-corrected chi connectivity index (χ3v) is 2.52. The molecule has 1 atom stereocenters. The fourth-order valence-corrected chi connectivity index (χ4v) is 1.67. The predicted octanol–water partition coefficient (Wildman–Crippen LogP) is 1.20. The van der Waals surface area contributed by atoms with Gasteiger partial charge in [-0.25, -0.2) is 4.79 Å². The molecule has 6 nitrogen and oxygen atoms in total. The number of carboxylic acid groups (broad SMARTS) is 2. The van der Waals surface area contributed by atoms with Crippen LogP contribution >= 0.6 is 0 Å². The second-order valence-corrected chi connectivity index (χ2v) is 4.59. The van der Waals surface area contributed by atoms with Crippen LogP contribution in [0, 0.1) is 5.92 Å². The van der Waals surface area contributed by atoms with E-state index in [1.807, 2.05) is 13.8 Å². The Morgan fingerprint density at radius 1 is 1.17 bits per heavy atom. The molecule has 18 heavy (non-hydrogen) atoms. The van der Waals surface area contributed by atoms with E-state index < -0.39 is 18.0 Å². The highest BCUT2D eigenvalue weighted by Gasteiger charge is 2.28. The molecule has 0 aromatic carbocycles. The molecule has 0 spiro atoms. The predicted molar refractivity (Wildman–Crippen MR) is 65.1 cm³/mol. The Balaban J connectivity index is 4.84. The summed E-state index contributed by atoms with van der Waals surface area (Å²) in [5, 5.41) is 17.7. The van der Waals surface area contributed by atoms with Gasteiger partial charge in [-0.05, 0) is 12.3 Å². The largest absolute Gasteiger partial charge is 0.481 e. The van der Waals surface area contributed by atoms with E-state index in [4.69, 9.17) is 10.2 Å². The van der Waals surface area contributed by atoms with Crippen molar-refractivity contribution >= 4 is 17.8 Å². The van der Waals surface area contributed by atoms with E-state index in [1.165, 1.54) is 0 Å². The van der Waals surface area contributed by atoms with Crippen molar-refractivity contribution in [1.82, 2.24) is 4.90 Å². The van der Waals surface area contributed by atoms with Crippen LogP contribution < -0.4 is 0 Å². The van der Waals surface area contributed by atoms with Gasteiger partial charge in [0, 0.05) is 13.0 Å². The number of carbonyl (C=O) groups excluding carboxylic acids is 1. The van der Waals surface area contributed by atoms with Crippen molar-refractivity contribution in [3.8, 4) is 0 Å². The lowest BCUT2D eigenvalue weighted by Gasteiger charge is -2.28. The van der Waals surface area contributed by atoms with Crippen LogP contribution in [0.25, 0.3) is 0 Å². The van der Waals surface area contributed by atoms with E-state index in [1.54, 1.807) is 6.92 Å². The maximum Gasteiger partial charge on any atom is 0.326 e. The van der Waals surface area contributed by atoms with E-state index >= 15 is 0 Å². The van der Waals surface area contributed by atoms with E-state index in [0.717, 1.165) is 4.90 Å². The van der Waals surface area contributed by atoms with Crippen LogP contribution in [-0.2, 0) is 14.4 Å². The molecule has 0 saturated heterocycles. The van der Waals surface area contributed by atoms with Crippen LogP contribution in [0.3, 0.4) is 0 Å². The highest BCUT2D eigenvalue weighted by atomic mass is 16.4. The van der Waals surface area contributed by atoms with Gasteiger partial charge in [0.1, 0.15) is 6.04 Å². The summed E-state index contributed by atoms with van der Waals surface area (Å²) in [6.45, 7) is 5.31. The highest BCUT2D eigenvalue weighted by molar-refractivity contribution is 5.84. The average Bonchev–Trinajstić information content (AvgIpc) is 2.21. The highest BCUT2D eigenvalue weighted by Crippen LogP contribution is 2.11. The van der Waals surface area contributed by atoms with Gasteiger partial charge in [0.2, 0.25) is 5.91 Å². The molecule has 1 amide bonds. The van der Waals surface area contributed by atoms with Gasteiger partial charge >= 0.3 is 11.9 Å². The maximum atomic E-state index is 11.9. The van der Waals surface area contributed by atoms with Crippen molar-refractivity contribution in [2.24, 2.45) is 5.92 Å². The lowest BCUT2D eigenvalue weighted by Crippen LogP contribution is -2.46. The van der Waals surface area contributed by atoms with Gasteiger partial charge in [-0.2, -0.15) is 0 Å². The molecule has 0 radical (unpaired) electrons. The number of carbonyl (C=O) groups is 3. The quantitative estimate of drug-likeness (QED) is 0.683. The summed E-state index contributed by atoms with van der Waals surface area (Å²) in [7, 11) is 0. The summed E-state index contributed by atoms with van der Waals surface area (Å²) in [5.74, 6) is -2.34. The van der Waals surface area contributed by atoms with Crippen LogP contribution in [-0.4, -0.2) is 45.5 Å². The van der Waals surface area contributed by atoms with Crippen LogP contribution in [0.1, 0.15) is 40.0 Å². The van der Waals surface area contributed by atoms with Crippen LogP contribution in [0.5, 0.6) is 0 Å². The zero-order valence-corrected chi connectivity index (χ0v) is 11.0. The molecule has 1 unspecified atom stereocenters. The van der Waals surface area contributed by atoms with Crippen LogP contribution in [0.2, 0.25) is 0 Å². The second kappa shape index (κ2) is 7.68. The lowest BCUT2D eigenvalue weighted by atomic mass is 10.1. The Labute approximate surface area is 107 Å². The molecule has 0 rings (SSSR count). The number of hydrogen-bond acceptors (Lipinski definition) is 3. The van der Waals surface area contributed by atoms with E-state index in [2.05, 4.69) is 0 Å². The molecule has 0 aliphatic rings. The van der Waals surface area contributed by atoms with Gasteiger partial charge in [0.05, 0.1) is 6.42 Å². The first-order valence-electron chi connectivity index (χ1n) is 6.03. The molecule has 0 aromatic rings. The smallest absolute Gasteiger partial charge is 0.326 e. The summed E-state index contributed by atoms with van der Waals surface area (Å²) in [4.78, 5) is 34.7. The summed E-state index contributed by atoms with van der Waals surface area (Å²) >= 11 is 0. The molecule has 0 saturated carbocycles. The van der Waals surface area contributed by atoms with Crippen molar-refractivity contribution in [2.45, 2.75) is 46.1 Å². The normalized spacial score (nSPS) is 12.2. The Morgan fingerprint density at radius 2 is 1.72 bits per heavy atom. The van der Waals surface area contributed by atoms with Crippen molar-refractivity contribution in [3.05, 3.63) is 0 Å². The molecule has 0 heterocycles. The third-order valence-electron chi connectivity index (χ3n) is 2.52. The summed E-state index contributed by atoms with van der Waals surface area (Å²) < 4.78 is 0. The fourth-order valence-electron chi connectivity index (χ4n) is 1.67. The standard InChI is InChI=1S/C12H21NO5/c1-4-9(12(17)18)13(6-5-11(15)16)10(14)7-8(2)3/h8-9H,4-7H2,1-3H3,(H,15,16)(H,17,18). The number of amides is 1. The summed E-state index contributed by atoms with van der Waals surface area (Å²) in [6.07, 6.45) is 0.246. The van der Waals surface area contributed by atoms with Gasteiger partial charge in [-0.1, -0.05) is 20.8 Å². The molecule has 6 heteroatoms. The SMILES string of the molecule is CCC(C(=O)O)N(CCC(=O)O)C(=O)CC(C)C. The maximum absolute atomic E-state index is 11.9. The molecule has 0 bridgehead atoms. The van der Waals surface area contributed by atoms with E-state index in [-0.39, 0.29) is 37.6 Å². The number of rotatable bonds is 8. The molecule has 0 aromatic heterocycles. The lowest BCUT2D eigenvalue weighted by molar-refractivity contribution is -0.152. The molecule has 104 valence electrons. The number of hydrogen-bond donors (Lipinski definition) is 2. The Bertz CT molecular complexity index is 314. The Hall–Kier alpha value is -1.59. The first-order chi connectivity index (χ1) is 8.29. The zero-order valence-electron chi connectivity index (χ0n) is 11.0. The minimum Gasteiger partial charge on any atom is -0.481 e. The second-order valence-electron chi connectivity index (χ2n) is 4.59. The van der Waals surface area contributed by atoms with E-state index in [9.17, 15) is 14.4 Å². The van der Waals surface area contributed by atoms with Crippen LogP contribution in [0.15, 0.2) is 0 Å². The van der Waals surface area contributed by atoms with Crippen LogP contribution in [0.4, 0.5) is 0 Å². The zero-order chi connectivity index (χ0) is 14.3. The first kappa shape index (κ1) is 16.4. The van der Waals surface area contributed by atoms with Crippen molar-refractivity contribution in [2.75, 3.05) is 6.54 Å². The molecule has 0 aliphatic heterocycles. The van der Waals surface area contributed by atoms with Crippen molar-refractivity contribution < 1.29 is 24.6 Å². The molecule has 0 fully saturated rings. The number of carboxylic acids is 2. The third kappa shape index (κ3) is 5.65. The molecule has 2 N–H and O–H groups in total. The fraction of sp³-hybridized carbons (Fsp3) is 0.750. The molecular formula is C12H21NO5. The monoisotopic (exact) mass is 259 g/mol. The van der Waals surface area contributed by atoms with Crippen molar-refractivity contribution in [1.29, 1.82) is 0 Å². The average molecular weight is 259 g/mol. The minimum atomic E-state index is -1.10.